The average molecular weight is 159 g/mol. The summed E-state index contributed by atoms with van der Waals surface area (Å²) in [5.41, 5.74) is 2.56. The second-order valence-electron chi connectivity index (χ2n) is 2.80. The van der Waals surface area contributed by atoms with E-state index in [9.17, 15) is 0 Å². The Morgan fingerprint density at radius 1 is 1.17 bits per heavy atom. The first-order valence-electron chi connectivity index (χ1n) is 4.09. The van der Waals surface area contributed by atoms with Crippen LogP contribution in [0.15, 0.2) is 41.9 Å². The Morgan fingerprint density at radius 2 is 2.08 bits per heavy atom. The highest BCUT2D eigenvalue weighted by Crippen LogP contribution is 2.20. The molecule has 0 aliphatic carbocycles. The lowest BCUT2D eigenvalue weighted by molar-refractivity contribution is 0.962. The Bertz CT molecular complexity index is 252. The molecule has 0 unspecified atom stereocenters. The summed E-state index contributed by atoms with van der Waals surface area (Å²) in [4.78, 5) is 0. The van der Waals surface area contributed by atoms with Crippen LogP contribution in [0.25, 0.3) is 0 Å². The van der Waals surface area contributed by atoms with E-state index in [2.05, 4.69) is 29.0 Å². The third-order valence-electron chi connectivity index (χ3n) is 1.94. The van der Waals surface area contributed by atoms with Crippen molar-refractivity contribution in [2.45, 2.75) is 12.8 Å². The van der Waals surface area contributed by atoms with Crippen molar-refractivity contribution in [2.75, 3.05) is 0 Å². The molecule has 2 nitrogen and oxygen atoms in total. The second kappa shape index (κ2) is 3.30. The van der Waals surface area contributed by atoms with Crippen LogP contribution in [0.3, 0.4) is 0 Å². The van der Waals surface area contributed by atoms with Crippen LogP contribution in [0.5, 0.6) is 0 Å². The molecule has 0 aromatic heterocycles. The van der Waals surface area contributed by atoms with E-state index in [1.165, 1.54) is 11.1 Å². The van der Waals surface area contributed by atoms with Crippen molar-refractivity contribution in [3.05, 3.63) is 48.1 Å². The van der Waals surface area contributed by atoms with Crippen LogP contribution in [0.4, 0.5) is 0 Å². The van der Waals surface area contributed by atoms with Crippen molar-refractivity contribution < 1.29 is 0 Å². The fourth-order valence-corrected chi connectivity index (χ4v) is 1.30. The lowest BCUT2D eigenvalue weighted by Crippen LogP contribution is -2.08. The van der Waals surface area contributed by atoms with Crippen molar-refractivity contribution in [2.24, 2.45) is 0 Å². The third kappa shape index (κ3) is 1.42. The molecule has 2 N–H and O–H groups in total. The first kappa shape index (κ1) is 7.22. The fraction of sp³-hybridized carbons (Fsp3) is 0.200. The van der Waals surface area contributed by atoms with E-state index in [0.717, 1.165) is 12.8 Å². The molecular formula is C10H11N2. The van der Waals surface area contributed by atoms with Crippen LogP contribution in [0.1, 0.15) is 12.8 Å². The van der Waals surface area contributed by atoms with Gasteiger partial charge in [-0.3, -0.25) is 0 Å². The lowest BCUT2D eigenvalue weighted by atomic mass is 9.99. The molecule has 0 spiro atoms. The molecule has 0 aromatic rings. The molecular weight excluding hydrogens is 148 g/mol. The topological polar surface area (TPSA) is 24.1 Å². The molecule has 2 heteroatoms. The molecule has 0 fully saturated rings. The number of hydrogen-bond donors (Lipinski definition) is 2. The monoisotopic (exact) mass is 159 g/mol. The number of allylic oxidation sites excluding steroid dienone is 4. The summed E-state index contributed by atoms with van der Waals surface area (Å²) >= 11 is 0. The number of rotatable bonds is 1. The first-order valence-corrected chi connectivity index (χ1v) is 4.09. The molecule has 0 saturated heterocycles. The molecule has 1 radical (unpaired) electrons. The van der Waals surface area contributed by atoms with Crippen molar-refractivity contribution >= 4 is 0 Å². The van der Waals surface area contributed by atoms with Gasteiger partial charge in [0, 0.05) is 6.20 Å². The normalized spacial score (nSPS) is 20.7. The average Bonchev–Trinajstić information content (AvgIpc) is 2.21. The lowest BCUT2D eigenvalue weighted by Gasteiger charge is -2.13. The van der Waals surface area contributed by atoms with Gasteiger partial charge in [-0.2, -0.15) is 0 Å². The highest BCUT2D eigenvalue weighted by Gasteiger charge is 2.06. The van der Waals surface area contributed by atoms with Gasteiger partial charge >= 0.3 is 0 Å². The molecule has 0 atom stereocenters. The van der Waals surface area contributed by atoms with E-state index in [4.69, 9.17) is 0 Å². The zero-order valence-electron chi connectivity index (χ0n) is 6.80. The van der Waals surface area contributed by atoms with Crippen LogP contribution >= 0.6 is 0 Å². The largest absolute Gasteiger partial charge is 0.368 e. The quantitative estimate of drug-likeness (QED) is 0.607. The number of hydrogen-bond acceptors (Lipinski definition) is 2. The number of dihydropyridines is 2. The van der Waals surface area contributed by atoms with Gasteiger partial charge in [-0.15, -0.1) is 0 Å². The van der Waals surface area contributed by atoms with E-state index < -0.39 is 0 Å². The summed E-state index contributed by atoms with van der Waals surface area (Å²) in [6.07, 6.45) is 15.2. The molecule has 2 heterocycles. The van der Waals surface area contributed by atoms with Crippen molar-refractivity contribution in [1.29, 1.82) is 0 Å². The van der Waals surface area contributed by atoms with E-state index in [-0.39, 0.29) is 0 Å². The van der Waals surface area contributed by atoms with Gasteiger partial charge in [0.2, 0.25) is 0 Å². The molecule has 0 aromatic carbocycles. The Hall–Kier alpha value is -1.44. The zero-order valence-corrected chi connectivity index (χ0v) is 6.80. The highest BCUT2D eigenvalue weighted by atomic mass is 14.8. The van der Waals surface area contributed by atoms with E-state index in [1.54, 1.807) is 0 Å². The maximum atomic E-state index is 3.13. The Labute approximate surface area is 72.4 Å². The van der Waals surface area contributed by atoms with Crippen LogP contribution in [0, 0.1) is 6.20 Å². The molecule has 2 rings (SSSR count). The van der Waals surface area contributed by atoms with Crippen LogP contribution in [-0.4, -0.2) is 0 Å². The maximum absolute atomic E-state index is 3.13. The molecule has 0 saturated carbocycles. The minimum atomic E-state index is 0.981. The van der Waals surface area contributed by atoms with Gasteiger partial charge in [0.15, 0.2) is 0 Å². The van der Waals surface area contributed by atoms with Crippen LogP contribution in [0.2, 0.25) is 0 Å². The molecule has 0 amide bonds. The van der Waals surface area contributed by atoms with Gasteiger partial charge in [-0.05, 0) is 36.4 Å². The van der Waals surface area contributed by atoms with Crippen LogP contribution in [-0.2, 0) is 0 Å². The maximum Gasteiger partial charge on any atom is 0.0661 e. The minimum Gasteiger partial charge on any atom is -0.368 e. The zero-order chi connectivity index (χ0) is 8.23. The molecule has 2 aliphatic heterocycles. The molecule has 61 valence electrons. The van der Waals surface area contributed by atoms with E-state index in [1.807, 2.05) is 18.6 Å². The van der Waals surface area contributed by atoms with Gasteiger partial charge in [0.25, 0.3) is 0 Å². The SMILES string of the molecule is [C]1=C(C2=CNC=CC2)CC=CN1. The van der Waals surface area contributed by atoms with Gasteiger partial charge in [0.05, 0.1) is 6.20 Å². The van der Waals surface area contributed by atoms with Gasteiger partial charge in [0.1, 0.15) is 0 Å². The van der Waals surface area contributed by atoms with Gasteiger partial charge in [-0.1, -0.05) is 12.2 Å². The molecule has 0 bridgehead atoms. The minimum absolute atomic E-state index is 0.981. The predicted molar refractivity (Wildman–Crippen MR) is 48.6 cm³/mol. The second-order valence-corrected chi connectivity index (χ2v) is 2.80. The van der Waals surface area contributed by atoms with Crippen molar-refractivity contribution in [3.63, 3.8) is 0 Å². The first-order chi connectivity index (χ1) is 5.97. The summed E-state index contributed by atoms with van der Waals surface area (Å²) in [5, 5.41) is 6.05. The summed E-state index contributed by atoms with van der Waals surface area (Å²) < 4.78 is 0. The van der Waals surface area contributed by atoms with Gasteiger partial charge < -0.3 is 10.6 Å². The summed E-state index contributed by atoms with van der Waals surface area (Å²) in [5.74, 6) is 0. The number of nitrogens with one attached hydrogen (secondary N) is 2. The van der Waals surface area contributed by atoms with Gasteiger partial charge in [-0.25, -0.2) is 0 Å². The Balaban J connectivity index is 2.08. The van der Waals surface area contributed by atoms with Crippen molar-refractivity contribution in [3.8, 4) is 0 Å². The predicted octanol–water partition coefficient (Wildman–Crippen LogP) is 1.57. The summed E-state index contributed by atoms with van der Waals surface area (Å²) in [6.45, 7) is 0. The smallest absolute Gasteiger partial charge is 0.0661 e. The van der Waals surface area contributed by atoms with Crippen LogP contribution < -0.4 is 10.6 Å². The Morgan fingerprint density at radius 3 is 2.75 bits per heavy atom. The molecule has 12 heavy (non-hydrogen) atoms. The van der Waals surface area contributed by atoms with E-state index >= 15 is 0 Å². The van der Waals surface area contributed by atoms with E-state index in [0.29, 0.717) is 0 Å². The summed E-state index contributed by atoms with van der Waals surface area (Å²) in [6, 6.07) is 0. The fourth-order valence-electron chi connectivity index (χ4n) is 1.30. The molecule has 2 aliphatic rings. The summed E-state index contributed by atoms with van der Waals surface area (Å²) in [7, 11) is 0. The van der Waals surface area contributed by atoms with Crippen molar-refractivity contribution in [1.82, 2.24) is 10.6 Å². The standard InChI is InChI=1S/C10H11N2/c1-3-9(7-11-5-1)10-4-2-6-12-8-10/h1-2,5-7,11-12H,3-4H2. The Kier molecular flexibility index (Phi) is 1.99. The highest BCUT2D eigenvalue weighted by molar-refractivity contribution is 5.35. The third-order valence-corrected chi connectivity index (χ3v) is 1.94.